The molecule has 0 spiro atoms. The molecule has 2 unspecified atom stereocenters. The van der Waals surface area contributed by atoms with Crippen molar-refractivity contribution >= 4 is 6.03 Å². The third kappa shape index (κ3) is 4.54. The molecule has 0 bridgehead atoms. The number of rotatable bonds is 5. The van der Waals surface area contributed by atoms with E-state index >= 15 is 0 Å². The number of alkyl halides is 3. The number of urea groups is 1. The van der Waals surface area contributed by atoms with Gasteiger partial charge in [-0.05, 0) is 30.9 Å². The number of hydrogen-bond donors (Lipinski definition) is 3. The summed E-state index contributed by atoms with van der Waals surface area (Å²) in [5, 5.41) is 13.1. The van der Waals surface area contributed by atoms with Gasteiger partial charge in [0.15, 0.2) is 6.04 Å². The number of nitrogens with one attached hydrogen (secondary N) is 2. The minimum atomic E-state index is -5.09. The van der Waals surface area contributed by atoms with Crippen molar-refractivity contribution < 1.29 is 31.9 Å². The highest BCUT2D eigenvalue weighted by Crippen LogP contribution is 2.35. The standard InChI is InChI=1S/C14H15F5N2O2/c15-8-2-1-3-9(16)11(8)12(14(17,18)19)21-13(23)20-6-10(22)7-4-5-7/h1-3,7,10,12,22H,4-6H2,(H2,20,21,23). The molecule has 1 aliphatic carbocycles. The van der Waals surface area contributed by atoms with E-state index in [2.05, 4.69) is 5.32 Å². The minimum absolute atomic E-state index is 0.0257. The number of amides is 2. The smallest absolute Gasteiger partial charge is 0.391 e. The summed E-state index contributed by atoms with van der Waals surface area (Å²) < 4.78 is 66.2. The van der Waals surface area contributed by atoms with Gasteiger partial charge in [0, 0.05) is 6.54 Å². The second-order valence-electron chi connectivity index (χ2n) is 5.37. The summed E-state index contributed by atoms with van der Waals surface area (Å²) in [4.78, 5) is 11.6. The molecule has 1 aromatic carbocycles. The summed E-state index contributed by atoms with van der Waals surface area (Å²) in [6.45, 7) is -0.235. The molecule has 0 aliphatic heterocycles. The van der Waals surface area contributed by atoms with E-state index in [4.69, 9.17) is 0 Å². The van der Waals surface area contributed by atoms with Crippen LogP contribution in [0, 0.1) is 17.6 Å². The van der Waals surface area contributed by atoms with Crippen molar-refractivity contribution in [1.29, 1.82) is 0 Å². The molecule has 0 saturated heterocycles. The van der Waals surface area contributed by atoms with Gasteiger partial charge in [0.1, 0.15) is 11.6 Å². The Hall–Kier alpha value is -1.90. The van der Waals surface area contributed by atoms with Crippen LogP contribution in [-0.2, 0) is 0 Å². The third-order valence-corrected chi connectivity index (χ3v) is 3.53. The second kappa shape index (κ2) is 6.69. The van der Waals surface area contributed by atoms with Crippen LogP contribution < -0.4 is 10.6 Å². The molecular weight excluding hydrogens is 323 g/mol. The van der Waals surface area contributed by atoms with E-state index in [1.54, 1.807) is 0 Å². The van der Waals surface area contributed by atoms with Gasteiger partial charge in [0.25, 0.3) is 0 Å². The molecule has 2 rings (SSSR count). The van der Waals surface area contributed by atoms with Gasteiger partial charge in [-0.2, -0.15) is 13.2 Å². The summed E-state index contributed by atoms with van der Waals surface area (Å²) in [6, 6.07) is -1.83. The molecule has 2 atom stereocenters. The van der Waals surface area contributed by atoms with Crippen molar-refractivity contribution in [1.82, 2.24) is 10.6 Å². The van der Waals surface area contributed by atoms with E-state index in [0.717, 1.165) is 18.9 Å². The number of benzene rings is 1. The van der Waals surface area contributed by atoms with Gasteiger partial charge in [-0.15, -0.1) is 0 Å². The fourth-order valence-electron chi connectivity index (χ4n) is 2.13. The molecule has 0 aromatic heterocycles. The molecule has 1 fully saturated rings. The predicted octanol–water partition coefficient (Wildman–Crippen LogP) is 2.64. The van der Waals surface area contributed by atoms with E-state index in [1.165, 1.54) is 5.32 Å². The van der Waals surface area contributed by atoms with E-state index in [1.807, 2.05) is 0 Å². The van der Waals surface area contributed by atoms with Gasteiger partial charge in [-0.1, -0.05) is 6.07 Å². The van der Waals surface area contributed by atoms with Gasteiger partial charge >= 0.3 is 12.2 Å². The average molecular weight is 338 g/mol. The zero-order valence-electron chi connectivity index (χ0n) is 11.8. The number of carbonyl (C=O) groups excluding carboxylic acids is 1. The lowest BCUT2D eigenvalue weighted by Gasteiger charge is -2.23. The number of hydrogen-bond acceptors (Lipinski definition) is 2. The molecule has 1 aliphatic rings. The van der Waals surface area contributed by atoms with Crippen LogP contribution in [0.2, 0.25) is 0 Å². The molecular formula is C14H15F5N2O2. The zero-order chi connectivity index (χ0) is 17.2. The van der Waals surface area contributed by atoms with Gasteiger partial charge < -0.3 is 15.7 Å². The second-order valence-corrected chi connectivity index (χ2v) is 5.37. The summed E-state index contributed by atoms with van der Waals surface area (Å²) in [5.41, 5.74) is -1.28. The monoisotopic (exact) mass is 338 g/mol. The lowest BCUT2D eigenvalue weighted by atomic mass is 10.1. The van der Waals surface area contributed by atoms with Crippen LogP contribution in [0.4, 0.5) is 26.7 Å². The van der Waals surface area contributed by atoms with Crippen molar-refractivity contribution in [2.75, 3.05) is 6.54 Å². The lowest BCUT2D eigenvalue weighted by molar-refractivity contribution is -0.156. The van der Waals surface area contributed by atoms with Crippen molar-refractivity contribution in [2.24, 2.45) is 5.92 Å². The molecule has 23 heavy (non-hydrogen) atoms. The summed E-state index contributed by atoms with van der Waals surface area (Å²) in [6.07, 6.45) is -4.36. The summed E-state index contributed by atoms with van der Waals surface area (Å²) in [7, 11) is 0. The molecule has 1 aromatic rings. The maximum absolute atomic E-state index is 13.6. The van der Waals surface area contributed by atoms with Crippen LogP contribution in [0.25, 0.3) is 0 Å². The lowest BCUT2D eigenvalue weighted by Crippen LogP contribution is -2.46. The molecule has 3 N–H and O–H groups in total. The van der Waals surface area contributed by atoms with Crippen LogP contribution in [0.15, 0.2) is 18.2 Å². The molecule has 128 valence electrons. The maximum atomic E-state index is 13.6. The highest BCUT2D eigenvalue weighted by Gasteiger charge is 2.45. The van der Waals surface area contributed by atoms with Crippen LogP contribution in [0.5, 0.6) is 0 Å². The average Bonchev–Trinajstić information content (AvgIpc) is 3.27. The Labute approximate surface area is 128 Å². The molecule has 1 saturated carbocycles. The third-order valence-electron chi connectivity index (χ3n) is 3.53. The van der Waals surface area contributed by atoms with Crippen LogP contribution in [0.3, 0.4) is 0 Å². The quantitative estimate of drug-likeness (QED) is 0.723. The molecule has 0 radical (unpaired) electrons. The minimum Gasteiger partial charge on any atom is -0.391 e. The first-order valence-electron chi connectivity index (χ1n) is 6.93. The van der Waals surface area contributed by atoms with Crippen LogP contribution in [0.1, 0.15) is 24.4 Å². The van der Waals surface area contributed by atoms with Crippen LogP contribution in [-0.4, -0.2) is 30.0 Å². The topological polar surface area (TPSA) is 61.4 Å². The Bertz CT molecular complexity index is 555. The SMILES string of the molecule is O=C(NCC(O)C1CC1)NC(c1c(F)cccc1F)C(F)(F)F. The number of aliphatic hydroxyl groups is 1. The van der Waals surface area contributed by atoms with Crippen molar-refractivity contribution in [3.05, 3.63) is 35.4 Å². The van der Waals surface area contributed by atoms with Gasteiger partial charge in [0.05, 0.1) is 11.7 Å². The van der Waals surface area contributed by atoms with Crippen molar-refractivity contribution in [3.63, 3.8) is 0 Å². The highest BCUT2D eigenvalue weighted by molar-refractivity contribution is 5.74. The van der Waals surface area contributed by atoms with Crippen LogP contribution >= 0.6 is 0 Å². The van der Waals surface area contributed by atoms with Gasteiger partial charge in [-0.3, -0.25) is 0 Å². The first-order valence-corrected chi connectivity index (χ1v) is 6.93. The fraction of sp³-hybridized carbons (Fsp3) is 0.500. The zero-order valence-corrected chi connectivity index (χ0v) is 11.8. The molecule has 9 heteroatoms. The van der Waals surface area contributed by atoms with Gasteiger partial charge in [-0.25, -0.2) is 13.6 Å². The summed E-state index contributed by atoms with van der Waals surface area (Å²) >= 11 is 0. The Balaban J connectivity index is 2.08. The van der Waals surface area contributed by atoms with Gasteiger partial charge in [0.2, 0.25) is 0 Å². The Kier molecular flexibility index (Phi) is 5.08. The maximum Gasteiger partial charge on any atom is 0.413 e. The Morgan fingerprint density at radius 3 is 2.30 bits per heavy atom. The normalized spacial score (nSPS) is 17.5. The first kappa shape index (κ1) is 17.5. The van der Waals surface area contributed by atoms with E-state index < -0.39 is 41.6 Å². The highest BCUT2D eigenvalue weighted by atomic mass is 19.4. The molecule has 0 heterocycles. The Morgan fingerprint density at radius 2 is 1.83 bits per heavy atom. The summed E-state index contributed by atoms with van der Waals surface area (Å²) in [5.74, 6) is -2.80. The number of aliphatic hydroxyl groups excluding tert-OH is 1. The van der Waals surface area contributed by atoms with E-state index in [-0.39, 0.29) is 12.5 Å². The first-order chi connectivity index (χ1) is 10.7. The molecule has 4 nitrogen and oxygen atoms in total. The van der Waals surface area contributed by atoms with Crippen molar-refractivity contribution in [2.45, 2.75) is 31.2 Å². The Morgan fingerprint density at radius 1 is 1.26 bits per heavy atom. The fourth-order valence-corrected chi connectivity index (χ4v) is 2.13. The van der Waals surface area contributed by atoms with E-state index in [9.17, 15) is 31.9 Å². The molecule has 2 amide bonds. The number of halogens is 5. The van der Waals surface area contributed by atoms with E-state index in [0.29, 0.717) is 12.1 Å². The predicted molar refractivity (Wildman–Crippen MR) is 70.4 cm³/mol. The largest absolute Gasteiger partial charge is 0.413 e. The van der Waals surface area contributed by atoms with Crippen molar-refractivity contribution in [3.8, 4) is 0 Å². The number of carbonyl (C=O) groups is 1.